The van der Waals surface area contributed by atoms with Crippen LogP contribution in [0, 0.1) is 26.7 Å². The van der Waals surface area contributed by atoms with Gasteiger partial charge >= 0.3 is 5.97 Å². The summed E-state index contributed by atoms with van der Waals surface area (Å²) in [5.41, 5.74) is 5.29. The summed E-state index contributed by atoms with van der Waals surface area (Å²) in [5.74, 6) is -1.51. The van der Waals surface area contributed by atoms with Gasteiger partial charge in [-0.3, -0.25) is 14.4 Å². The van der Waals surface area contributed by atoms with Crippen LogP contribution in [0.1, 0.15) is 28.7 Å². The quantitative estimate of drug-likeness (QED) is 0.715. The van der Waals surface area contributed by atoms with Gasteiger partial charge in [0.05, 0.1) is 5.92 Å². The minimum Gasteiger partial charge on any atom is -0.455 e. The van der Waals surface area contributed by atoms with Crippen LogP contribution in [0.25, 0.3) is 0 Å². The van der Waals surface area contributed by atoms with Crippen LogP contribution in [0.2, 0.25) is 0 Å². The molecule has 1 N–H and O–H groups in total. The van der Waals surface area contributed by atoms with Gasteiger partial charge in [-0.25, -0.2) is 0 Å². The molecule has 0 aliphatic carbocycles. The Balaban J connectivity index is 1.46. The third-order valence-corrected chi connectivity index (χ3v) is 5.65. The predicted molar refractivity (Wildman–Crippen MR) is 115 cm³/mol. The highest BCUT2D eigenvalue weighted by Crippen LogP contribution is 2.29. The SMILES string of the molecule is Cc1ccccc1CCNC(=O)COC(=O)[C@@H]1CC(=O)N(c2cccc(C)c2C)C1. The summed E-state index contributed by atoms with van der Waals surface area (Å²) >= 11 is 0. The fourth-order valence-electron chi connectivity index (χ4n) is 3.66. The van der Waals surface area contributed by atoms with Crippen molar-refractivity contribution < 1.29 is 19.1 Å². The number of aryl methyl sites for hydroxylation is 2. The van der Waals surface area contributed by atoms with E-state index in [4.69, 9.17) is 4.74 Å². The minimum atomic E-state index is -0.558. The molecule has 30 heavy (non-hydrogen) atoms. The monoisotopic (exact) mass is 408 g/mol. The molecule has 3 rings (SSSR count). The number of rotatable bonds is 7. The number of benzene rings is 2. The van der Waals surface area contributed by atoms with Crippen molar-refractivity contribution in [1.82, 2.24) is 5.32 Å². The van der Waals surface area contributed by atoms with E-state index in [0.29, 0.717) is 13.0 Å². The first-order chi connectivity index (χ1) is 14.4. The highest BCUT2D eigenvalue weighted by Gasteiger charge is 2.37. The summed E-state index contributed by atoms with van der Waals surface area (Å²) < 4.78 is 5.17. The zero-order valence-corrected chi connectivity index (χ0v) is 17.7. The predicted octanol–water partition coefficient (Wildman–Crippen LogP) is 2.87. The number of hydrogen-bond acceptors (Lipinski definition) is 4. The number of nitrogens with one attached hydrogen (secondary N) is 1. The molecule has 0 unspecified atom stereocenters. The number of amides is 2. The molecule has 1 aliphatic heterocycles. The number of carbonyl (C=O) groups excluding carboxylic acids is 3. The molecule has 0 radical (unpaired) electrons. The smallest absolute Gasteiger partial charge is 0.311 e. The van der Waals surface area contributed by atoms with E-state index in [1.807, 2.05) is 63.2 Å². The van der Waals surface area contributed by atoms with Gasteiger partial charge in [-0.15, -0.1) is 0 Å². The van der Waals surface area contributed by atoms with Crippen molar-refractivity contribution >= 4 is 23.5 Å². The zero-order valence-electron chi connectivity index (χ0n) is 17.7. The second-order valence-corrected chi connectivity index (χ2v) is 7.76. The van der Waals surface area contributed by atoms with E-state index in [0.717, 1.165) is 16.8 Å². The Morgan fingerprint density at radius 3 is 2.57 bits per heavy atom. The average Bonchev–Trinajstić information content (AvgIpc) is 3.11. The van der Waals surface area contributed by atoms with Crippen molar-refractivity contribution in [2.24, 2.45) is 5.92 Å². The number of esters is 1. The van der Waals surface area contributed by atoms with E-state index < -0.39 is 11.9 Å². The Bertz CT molecular complexity index is 954. The maximum absolute atomic E-state index is 12.4. The van der Waals surface area contributed by atoms with Gasteiger partial charge in [-0.1, -0.05) is 36.4 Å². The Morgan fingerprint density at radius 2 is 1.80 bits per heavy atom. The number of carbonyl (C=O) groups is 3. The number of anilines is 1. The summed E-state index contributed by atoms with van der Waals surface area (Å²) in [6.45, 7) is 6.40. The molecule has 1 fully saturated rings. The van der Waals surface area contributed by atoms with Gasteiger partial charge in [0.1, 0.15) is 0 Å². The van der Waals surface area contributed by atoms with Crippen LogP contribution in [-0.4, -0.2) is 37.5 Å². The average molecular weight is 408 g/mol. The standard InChI is InChI=1S/C24H28N2O4/c1-16-8-6-10-21(18(16)3)26-14-20(13-23(26)28)24(29)30-15-22(27)25-12-11-19-9-5-4-7-17(19)2/h4-10,20H,11-15H2,1-3H3,(H,25,27)/t20-/m1/s1. The number of ether oxygens (including phenoxy) is 1. The van der Waals surface area contributed by atoms with E-state index in [1.54, 1.807) is 4.90 Å². The number of nitrogens with zero attached hydrogens (tertiary/aromatic N) is 1. The maximum Gasteiger partial charge on any atom is 0.311 e. The highest BCUT2D eigenvalue weighted by atomic mass is 16.5. The summed E-state index contributed by atoms with van der Waals surface area (Å²) in [6, 6.07) is 13.8. The van der Waals surface area contributed by atoms with Crippen LogP contribution in [0.15, 0.2) is 42.5 Å². The maximum atomic E-state index is 12.4. The Morgan fingerprint density at radius 1 is 1.07 bits per heavy atom. The van der Waals surface area contributed by atoms with E-state index in [9.17, 15) is 14.4 Å². The van der Waals surface area contributed by atoms with Crippen molar-refractivity contribution in [2.75, 3.05) is 24.6 Å². The topological polar surface area (TPSA) is 75.7 Å². The first kappa shape index (κ1) is 21.6. The van der Waals surface area contributed by atoms with Gasteiger partial charge < -0.3 is 15.0 Å². The third-order valence-electron chi connectivity index (χ3n) is 5.65. The van der Waals surface area contributed by atoms with Crippen molar-refractivity contribution in [3.63, 3.8) is 0 Å². The molecule has 0 spiro atoms. The third kappa shape index (κ3) is 5.06. The van der Waals surface area contributed by atoms with E-state index in [1.165, 1.54) is 11.1 Å². The Labute approximate surface area is 177 Å². The van der Waals surface area contributed by atoms with Gasteiger partial charge in [-0.05, 0) is 55.5 Å². The lowest BCUT2D eigenvalue weighted by atomic mass is 10.1. The zero-order chi connectivity index (χ0) is 21.7. The largest absolute Gasteiger partial charge is 0.455 e. The molecule has 1 aliphatic rings. The molecule has 0 aromatic heterocycles. The molecule has 1 atom stereocenters. The van der Waals surface area contributed by atoms with Crippen LogP contribution < -0.4 is 10.2 Å². The second-order valence-electron chi connectivity index (χ2n) is 7.76. The first-order valence-electron chi connectivity index (χ1n) is 10.2. The van der Waals surface area contributed by atoms with Crippen molar-refractivity contribution in [1.29, 1.82) is 0 Å². The molecule has 2 aromatic carbocycles. The summed E-state index contributed by atoms with van der Waals surface area (Å²) in [6.07, 6.45) is 0.815. The van der Waals surface area contributed by atoms with E-state index in [-0.39, 0.29) is 31.4 Å². The van der Waals surface area contributed by atoms with Gasteiger partial charge in [0.15, 0.2) is 6.61 Å². The van der Waals surface area contributed by atoms with Crippen molar-refractivity contribution in [2.45, 2.75) is 33.6 Å². The first-order valence-corrected chi connectivity index (χ1v) is 10.2. The lowest BCUT2D eigenvalue weighted by molar-refractivity contribution is -0.152. The lowest BCUT2D eigenvalue weighted by Gasteiger charge is -2.20. The van der Waals surface area contributed by atoms with Gasteiger partial charge in [0.25, 0.3) is 5.91 Å². The molecule has 2 amide bonds. The molecular weight excluding hydrogens is 380 g/mol. The minimum absolute atomic E-state index is 0.0983. The van der Waals surface area contributed by atoms with Crippen LogP contribution in [-0.2, 0) is 25.5 Å². The van der Waals surface area contributed by atoms with Gasteiger partial charge in [0.2, 0.25) is 5.91 Å². The van der Waals surface area contributed by atoms with Crippen molar-refractivity contribution in [3.8, 4) is 0 Å². The van der Waals surface area contributed by atoms with E-state index >= 15 is 0 Å². The van der Waals surface area contributed by atoms with Crippen LogP contribution >= 0.6 is 0 Å². The summed E-state index contributed by atoms with van der Waals surface area (Å²) in [4.78, 5) is 38.5. The van der Waals surface area contributed by atoms with Gasteiger partial charge in [-0.2, -0.15) is 0 Å². The molecule has 6 nitrogen and oxygen atoms in total. The molecule has 1 heterocycles. The van der Waals surface area contributed by atoms with E-state index in [2.05, 4.69) is 5.32 Å². The molecule has 1 saturated heterocycles. The number of hydrogen-bond donors (Lipinski definition) is 1. The molecule has 6 heteroatoms. The summed E-state index contributed by atoms with van der Waals surface area (Å²) in [5, 5.41) is 2.77. The summed E-state index contributed by atoms with van der Waals surface area (Å²) in [7, 11) is 0. The van der Waals surface area contributed by atoms with Crippen molar-refractivity contribution in [3.05, 3.63) is 64.7 Å². The normalized spacial score (nSPS) is 15.9. The fraction of sp³-hybridized carbons (Fsp3) is 0.375. The van der Waals surface area contributed by atoms with Crippen LogP contribution in [0.5, 0.6) is 0 Å². The Kier molecular flexibility index (Phi) is 6.87. The molecular formula is C24H28N2O4. The molecule has 0 bridgehead atoms. The van der Waals surface area contributed by atoms with Gasteiger partial charge in [0, 0.05) is 25.2 Å². The highest BCUT2D eigenvalue weighted by molar-refractivity contribution is 6.00. The second kappa shape index (κ2) is 9.57. The lowest BCUT2D eigenvalue weighted by Crippen LogP contribution is -2.32. The molecule has 2 aromatic rings. The van der Waals surface area contributed by atoms with Crippen LogP contribution in [0.4, 0.5) is 5.69 Å². The molecule has 0 saturated carbocycles. The Hall–Kier alpha value is -3.15. The molecule has 158 valence electrons. The van der Waals surface area contributed by atoms with Crippen LogP contribution in [0.3, 0.4) is 0 Å². The fourth-order valence-corrected chi connectivity index (χ4v) is 3.66.